The fraction of sp³-hybridized carbons (Fsp3) is 0.474. The molecule has 0 spiro atoms. The van der Waals surface area contributed by atoms with Crippen LogP contribution in [0.5, 0.6) is 0 Å². The molecule has 0 amide bonds. The molecule has 0 aromatic heterocycles. The molecule has 0 bridgehead atoms. The van der Waals surface area contributed by atoms with Crippen molar-refractivity contribution >= 4 is 17.5 Å². The normalized spacial score (nSPS) is 17.7. The molecule has 0 saturated carbocycles. The number of cyclic esters (lactones) is 1. The van der Waals surface area contributed by atoms with E-state index < -0.39 is 17.6 Å². The van der Waals surface area contributed by atoms with Crippen LogP contribution < -0.4 is 5.32 Å². The predicted octanol–water partition coefficient (Wildman–Crippen LogP) is 2.91. The molecule has 130 valence electrons. The fourth-order valence-corrected chi connectivity index (χ4v) is 2.97. The molecule has 1 unspecified atom stereocenters. The molecule has 0 fully saturated rings. The number of methoxy groups -OCH3 is 1. The summed E-state index contributed by atoms with van der Waals surface area (Å²) in [4.78, 5) is 24.5. The second kappa shape index (κ2) is 7.07. The Morgan fingerprint density at radius 2 is 1.88 bits per heavy atom. The first kappa shape index (κ1) is 18.0. The Balaban J connectivity index is 2.45. The lowest BCUT2D eigenvalue weighted by Crippen LogP contribution is -2.39. The van der Waals surface area contributed by atoms with Gasteiger partial charge in [0.25, 0.3) is 0 Å². The van der Waals surface area contributed by atoms with Crippen LogP contribution in [0.1, 0.15) is 39.7 Å². The summed E-state index contributed by atoms with van der Waals surface area (Å²) in [7, 11) is 1.35. The Bertz CT molecular complexity index is 647. The van der Waals surface area contributed by atoms with Gasteiger partial charge in [-0.3, -0.25) is 0 Å². The largest absolute Gasteiger partial charge is 0.467 e. The minimum absolute atomic E-state index is 0.271. The standard InChI is InChI=1S/C19H25NO4/c1-12(2)11-14(17(21)23-5)20-16-15(13-9-7-6-8-10-13)19(3,4)24-18(16)22/h6-10,12,14,20H,11H2,1-5H3. The van der Waals surface area contributed by atoms with Crippen molar-refractivity contribution in [3.05, 3.63) is 41.6 Å². The Kier molecular flexibility index (Phi) is 5.32. The molecule has 0 aliphatic carbocycles. The van der Waals surface area contributed by atoms with E-state index in [2.05, 4.69) is 5.32 Å². The minimum Gasteiger partial charge on any atom is -0.467 e. The van der Waals surface area contributed by atoms with Crippen LogP contribution in [0.3, 0.4) is 0 Å². The van der Waals surface area contributed by atoms with E-state index in [9.17, 15) is 9.59 Å². The van der Waals surface area contributed by atoms with Crippen molar-refractivity contribution in [1.82, 2.24) is 5.32 Å². The van der Waals surface area contributed by atoms with Gasteiger partial charge in [-0.25, -0.2) is 9.59 Å². The summed E-state index contributed by atoms with van der Waals surface area (Å²) in [5, 5.41) is 3.08. The second-order valence-electron chi connectivity index (χ2n) is 6.87. The number of rotatable bonds is 6. The number of hydrogen-bond acceptors (Lipinski definition) is 5. The monoisotopic (exact) mass is 331 g/mol. The second-order valence-corrected chi connectivity index (χ2v) is 6.87. The summed E-state index contributed by atoms with van der Waals surface area (Å²) < 4.78 is 10.4. The maximum absolute atomic E-state index is 12.4. The highest BCUT2D eigenvalue weighted by Crippen LogP contribution is 2.38. The van der Waals surface area contributed by atoms with Crippen molar-refractivity contribution in [1.29, 1.82) is 0 Å². The maximum Gasteiger partial charge on any atom is 0.355 e. The van der Waals surface area contributed by atoms with Crippen molar-refractivity contribution in [2.24, 2.45) is 5.92 Å². The fourth-order valence-electron chi connectivity index (χ4n) is 2.97. The van der Waals surface area contributed by atoms with E-state index in [1.54, 1.807) is 0 Å². The van der Waals surface area contributed by atoms with Gasteiger partial charge >= 0.3 is 11.9 Å². The van der Waals surface area contributed by atoms with Crippen LogP contribution in [0.2, 0.25) is 0 Å². The third kappa shape index (κ3) is 3.78. The Morgan fingerprint density at radius 3 is 2.42 bits per heavy atom. The number of hydrogen-bond donors (Lipinski definition) is 1. The van der Waals surface area contributed by atoms with E-state index >= 15 is 0 Å². The van der Waals surface area contributed by atoms with Gasteiger partial charge in [0.2, 0.25) is 0 Å². The van der Waals surface area contributed by atoms with Gasteiger partial charge in [0, 0.05) is 5.57 Å². The molecule has 1 aromatic carbocycles. The number of carbonyl (C=O) groups is 2. The quantitative estimate of drug-likeness (QED) is 0.812. The Labute approximate surface area is 143 Å². The van der Waals surface area contributed by atoms with Gasteiger partial charge in [-0.2, -0.15) is 0 Å². The molecule has 5 nitrogen and oxygen atoms in total. The Hall–Kier alpha value is -2.30. The lowest BCUT2D eigenvalue weighted by Gasteiger charge is -2.22. The lowest BCUT2D eigenvalue weighted by atomic mass is 9.91. The van der Waals surface area contributed by atoms with E-state index in [-0.39, 0.29) is 11.9 Å². The first-order chi connectivity index (χ1) is 11.3. The van der Waals surface area contributed by atoms with Crippen LogP contribution >= 0.6 is 0 Å². The number of carbonyl (C=O) groups excluding carboxylic acids is 2. The molecular weight excluding hydrogens is 306 g/mol. The summed E-state index contributed by atoms with van der Waals surface area (Å²) in [6, 6.07) is 8.99. The first-order valence-electron chi connectivity index (χ1n) is 8.14. The molecule has 5 heteroatoms. The van der Waals surface area contributed by atoms with E-state index in [0.29, 0.717) is 12.1 Å². The molecule has 0 saturated heterocycles. The number of nitrogens with one attached hydrogen (secondary N) is 1. The van der Waals surface area contributed by atoms with Gasteiger partial charge < -0.3 is 14.8 Å². The average molecular weight is 331 g/mol. The predicted molar refractivity (Wildman–Crippen MR) is 91.9 cm³/mol. The molecule has 24 heavy (non-hydrogen) atoms. The molecule has 1 aliphatic rings. The molecular formula is C19H25NO4. The SMILES string of the molecule is COC(=O)C(CC(C)C)NC1=C(c2ccccc2)C(C)(C)OC1=O. The third-order valence-corrected chi connectivity index (χ3v) is 3.98. The van der Waals surface area contributed by atoms with Crippen LogP contribution in [0.4, 0.5) is 0 Å². The molecule has 1 aliphatic heterocycles. The van der Waals surface area contributed by atoms with Crippen LogP contribution in [0.15, 0.2) is 36.0 Å². The molecule has 0 radical (unpaired) electrons. The van der Waals surface area contributed by atoms with Crippen LogP contribution in [-0.4, -0.2) is 30.7 Å². The average Bonchev–Trinajstić information content (AvgIpc) is 2.74. The molecule has 1 atom stereocenters. The molecule has 1 N–H and O–H groups in total. The van der Waals surface area contributed by atoms with Gasteiger partial charge in [0.1, 0.15) is 17.3 Å². The summed E-state index contributed by atoms with van der Waals surface area (Å²) >= 11 is 0. The van der Waals surface area contributed by atoms with E-state index in [4.69, 9.17) is 9.47 Å². The number of esters is 2. The van der Waals surface area contributed by atoms with Gasteiger partial charge in [-0.05, 0) is 31.7 Å². The first-order valence-corrected chi connectivity index (χ1v) is 8.14. The zero-order chi connectivity index (χ0) is 17.9. The zero-order valence-corrected chi connectivity index (χ0v) is 14.9. The van der Waals surface area contributed by atoms with Crippen molar-refractivity contribution < 1.29 is 19.1 Å². The van der Waals surface area contributed by atoms with Gasteiger partial charge in [0.15, 0.2) is 0 Å². The van der Waals surface area contributed by atoms with Crippen LogP contribution in [-0.2, 0) is 19.1 Å². The van der Waals surface area contributed by atoms with E-state index in [1.165, 1.54) is 7.11 Å². The maximum atomic E-state index is 12.4. The highest BCUT2D eigenvalue weighted by molar-refractivity contribution is 6.04. The number of benzene rings is 1. The smallest absolute Gasteiger partial charge is 0.355 e. The van der Waals surface area contributed by atoms with E-state index in [0.717, 1.165) is 11.1 Å². The van der Waals surface area contributed by atoms with Crippen LogP contribution in [0.25, 0.3) is 5.57 Å². The van der Waals surface area contributed by atoms with Crippen LogP contribution in [0, 0.1) is 5.92 Å². The van der Waals surface area contributed by atoms with Gasteiger partial charge in [0.05, 0.1) is 7.11 Å². The summed E-state index contributed by atoms with van der Waals surface area (Å²) in [6.45, 7) is 7.72. The zero-order valence-electron chi connectivity index (χ0n) is 14.9. The van der Waals surface area contributed by atoms with Crippen molar-refractivity contribution in [2.45, 2.75) is 45.8 Å². The minimum atomic E-state index is -0.765. The summed E-state index contributed by atoms with van der Waals surface area (Å²) in [5.41, 5.74) is 1.22. The highest BCUT2D eigenvalue weighted by Gasteiger charge is 2.42. The topological polar surface area (TPSA) is 64.6 Å². The lowest BCUT2D eigenvalue weighted by molar-refractivity contribution is -0.145. The summed E-state index contributed by atoms with van der Waals surface area (Å²) in [6.07, 6.45) is 0.561. The molecule has 1 aromatic rings. The third-order valence-electron chi connectivity index (χ3n) is 3.98. The van der Waals surface area contributed by atoms with Crippen molar-refractivity contribution in [2.75, 3.05) is 7.11 Å². The Morgan fingerprint density at radius 1 is 1.25 bits per heavy atom. The van der Waals surface area contributed by atoms with E-state index in [1.807, 2.05) is 58.0 Å². The van der Waals surface area contributed by atoms with Gasteiger partial charge in [-0.15, -0.1) is 0 Å². The summed E-state index contributed by atoms with van der Waals surface area (Å²) in [5.74, 6) is -0.564. The number of ether oxygens (including phenoxy) is 2. The van der Waals surface area contributed by atoms with Crippen molar-refractivity contribution in [3.8, 4) is 0 Å². The molecule has 2 rings (SSSR count). The van der Waals surface area contributed by atoms with Crippen molar-refractivity contribution in [3.63, 3.8) is 0 Å². The molecule has 1 heterocycles. The highest BCUT2D eigenvalue weighted by atomic mass is 16.6. The van der Waals surface area contributed by atoms with Gasteiger partial charge in [-0.1, -0.05) is 44.2 Å².